The topological polar surface area (TPSA) is 58.1 Å². The number of fused-ring (bicyclic) bond motifs is 9. The van der Waals surface area contributed by atoms with Crippen LogP contribution in [0.4, 0.5) is 0 Å². The van der Waals surface area contributed by atoms with Gasteiger partial charge < -0.3 is 9.30 Å². The van der Waals surface area contributed by atoms with E-state index in [0.29, 0.717) is 11.5 Å². The molecule has 5 aromatic heterocycles. The zero-order valence-corrected chi connectivity index (χ0v) is 34.8. The monoisotopic (exact) mass is 803 g/mol. The van der Waals surface area contributed by atoms with Gasteiger partial charge in [-0.3, -0.25) is 18.1 Å². The van der Waals surface area contributed by atoms with Crippen LogP contribution in [0.1, 0.15) is 31.9 Å². The average Bonchev–Trinajstić information content (AvgIpc) is 4.04. The molecule has 0 aliphatic heterocycles. The van der Waals surface area contributed by atoms with Crippen LogP contribution in [0, 0.1) is 13.3 Å². The Morgan fingerprint density at radius 2 is 1.27 bits per heavy atom. The molecule has 0 unspecified atom stereocenters. The minimum atomic E-state index is -0.0512. The first-order valence-electron chi connectivity index (χ1n) is 21.0. The van der Waals surface area contributed by atoms with Crippen molar-refractivity contribution in [3.63, 3.8) is 0 Å². The molecule has 12 rings (SSSR count). The van der Waals surface area contributed by atoms with Crippen molar-refractivity contribution in [2.45, 2.75) is 33.1 Å². The highest BCUT2D eigenvalue weighted by molar-refractivity contribution is 6.09. The maximum Gasteiger partial charge on any atom is 0.269 e. The number of pyridine rings is 1. The predicted molar refractivity (Wildman–Crippen MR) is 249 cm³/mol. The Hall–Kier alpha value is -7.97. The zero-order valence-electron chi connectivity index (χ0n) is 34.8. The molecule has 298 valence electrons. The number of nitrogens with zero attached hydrogens (tertiary/aromatic N) is 7. The summed E-state index contributed by atoms with van der Waals surface area (Å²) < 4.78 is 17.8. The SMILES string of the molecule is Cc1cccc2c1nc1n(-c3cc(C(C)(C)C)ccn3)c3cc(Oc4cccc(-n5[c-][n+](-c6ccccc6-n6c7ccccc7c7ccccc76)c6ccccc65)c4)ccc3n21. The number of rotatable bonds is 6. The minimum Gasteiger partial charge on any atom is -0.458 e. The Kier molecular flexibility index (Phi) is 7.84. The second kappa shape index (κ2) is 13.5. The summed E-state index contributed by atoms with van der Waals surface area (Å²) in [6.45, 7) is 8.78. The minimum absolute atomic E-state index is 0.0512. The van der Waals surface area contributed by atoms with Crippen molar-refractivity contribution in [1.82, 2.24) is 28.1 Å². The summed E-state index contributed by atoms with van der Waals surface area (Å²) in [5, 5.41) is 2.45. The van der Waals surface area contributed by atoms with Crippen LogP contribution in [-0.2, 0) is 5.41 Å². The van der Waals surface area contributed by atoms with Gasteiger partial charge in [0.15, 0.2) is 0 Å². The quantitative estimate of drug-likeness (QED) is 0.124. The van der Waals surface area contributed by atoms with Crippen LogP contribution in [0.3, 0.4) is 0 Å². The molecule has 0 N–H and O–H groups in total. The Balaban J connectivity index is 0.972. The van der Waals surface area contributed by atoms with E-state index in [1.165, 1.54) is 16.3 Å². The molecule has 8 nitrogen and oxygen atoms in total. The third-order valence-electron chi connectivity index (χ3n) is 12.2. The maximum absolute atomic E-state index is 6.75. The van der Waals surface area contributed by atoms with Crippen LogP contribution in [0.5, 0.6) is 11.5 Å². The molecule has 0 bridgehead atoms. The number of aryl methyl sites for hydroxylation is 1. The van der Waals surface area contributed by atoms with E-state index >= 15 is 0 Å². The second-order valence-corrected chi connectivity index (χ2v) is 17.0. The van der Waals surface area contributed by atoms with E-state index in [9.17, 15) is 0 Å². The van der Waals surface area contributed by atoms with Gasteiger partial charge in [-0.1, -0.05) is 112 Å². The van der Waals surface area contributed by atoms with Crippen LogP contribution in [0.15, 0.2) is 176 Å². The van der Waals surface area contributed by atoms with E-state index in [2.05, 4.69) is 208 Å². The van der Waals surface area contributed by atoms with Gasteiger partial charge in [-0.05, 0) is 96.3 Å². The number of benzene rings is 7. The molecule has 0 atom stereocenters. The lowest BCUT2D eigenvalue weighted by Crippen LogP contribution is -2.31. The fourth-order valence-corrected chi connectivity index (χ4v) is 9.17. The molecular weight excluding hydrogens is 763 g/mol. The summed E-state index contributed by atoms with van der Waals surface area (Å²) in [6, 6.07) is 59.4. The number of hydrogen-bond donors (Lipinski definition) is 0. The van der Waals surface area contributed by atoms with Crippen LogP contribution >= 0.6 is 0 Å². The molecule has 0 fully saturated rings. The van der Waals surface area contributed by atoms with Gasteiger partial charge in [-0.25, -0.2) is 9.97 Å². The summed E-state index contributed by atoms with van der Waals surface area (Å²) >= 11 is 0. The zero-order chi connectivity index (χ0) is 41.7. The van der Waals surface area contributed by atoms with E-state index in [1.807, 2.05) is 24.4 Å². The standard InChI is InChI=1S/C54H41N7O/c1-35-15-13-26-49-52(35)56-53-60(49)48-28-27-39(33-50(48)61(53)51-31-36(29-30-55-51)54(2,3)4)62-38-17-14-16-37(32-38)57-34-58(45-23-10-9-22-44(45)57)46-24-11-12-25-47(46)59-42-20-7-5-18-40(42)41-19-6-8-21-43(41)59/h5-33H,1-4H3. The van der Waals surface area contributed by atoms with Crippen LogP contribution in [0.25, 0.3) is 83.6 Å². The van der Waals surface area contributed by atoms with Gasteiger partial charge in [-0.2, -0.15) is 0 Å². The lowest BCUT2D eigenvalue weighted by atomic mass is 9.88. The summed E-state index contributed by atoms with van der Waals surface area (Å²) in [7, 11) is 0. The van der Waals surface area contributed by atoms with Gasteiger partial charge in [0.05, 0.1) is 61.2 Å². The molecule has 7 aromatic carbocycles. The molecule has 0 saturated heterocycles. The number of aromatic nitrogens is 7. The van der Waals surface area contributed by atoms with E-state index in [-0.39, 0.29) is 5.41 Å². The Morgan fingerprint density at radius 1 is 0.581 bits per heavy atom. The van der Waals surface area contributed by atoms with Crippen molar-refractivity contribution >= 4 is 60.7 Å². The van der Waals surface area contributed by atoms with Crippen LogP contribution in [0.2, 0.25) is 0 Å². The normalized spacial score (nSPS) is 12.2. The van der Waals surface area contributed by atoms with Crippen molar-refractivity contribution in [2.75, 3.05) is 0 Å². The van der Waals surface area contributed by atoms with Crippen molar-refractivity contribution in [1.29, 1.82) is 0 Å². The van der Waals surface area contributed by atoms with Crippen molar-refractivity contribution in [3.05, 3.63) is 194 Å². The van der Waals surface area contributed by atoms with Crippen LogP contribution in [-0.4, -0.2) is 28.1 Å². The van der Waals surface area contributed by atoms with Gasteiger partial charge in [-0.15, -0.1) is 0 Å². The average molecular weight is 804 g/mol. The van der Waals surface area contributed by atoms with Gasteiger partial charge in [0.25, 0.3) is 6.33 Å². The van der Waals surface area contributed by atoms with Crippen molar-refractivity contribution in [2.24, 2.45) is 0 Å². The third kappa shape index (κ3) is 5.49. The highest BCUT2D eigenvalue weighted by Crippen LogP contribution is 2.36. The second-order valence-electron chi connectivity index (χ2n) is 17.0. The first kappa shape index (κ1) is 35.9. The van der Waals surface area contributed by atoms with Gasteiger partial charge in [0, 0.05) is 23.0 Å². The van der Waals surface area contributed by atoms with Gasteiger partial charge in [0.2, 0.25) is 5.78 Å². The summed E-state index contributed by atoms with van der Waals surface area (Å²) in [6.07, 6.45) is 5.65. The summed E-state index contributed by atoms with van der Waals surface area (Å²) in [5.74, 6) is 3.04. The Morgan fingerprint density at radius 3 is 2.08 bits per heavy atom. The summed E-state index contributed by atoms with van der Waals surface area (Å²) in [5.41, 5.74) is 13.7. The van der Waals surface area contributed by atoms with Gasteiger partial charge >= 0.3 is 0 Å². The molecular formula is C54H41N7O. The maximum atomic E-state index is 6.75. The van der Waals surface area contributed by atoms with Gasteiger partial charge in [0.1, 0.15) is 17.3 Å². The largest absolute Gasteiger partial charge is 0.458 e. The number of para-hydroxylation sites is 7. The van der Waals surface area contributed by atoms with E-state index in [4.69, 9.17) is 14.7 Å². The fourth-order valence-electron chi connectivity index (χ4n) is 9.17. The number of ether oxygens (including phenoxy) is 1. The lowest BCUT2D eigenvalue weighted by Gasteiger charge is -2.19. The fraction of sp³-hybridized carbons (Fsp3) is 0.0926. The first-order chi connectivity index (χ1) is 30.3. The molecule has 0 spiro atoms. The lowest BCUT2D eigenvalue weighted by molar-refractivity contribution is -0.572. The van der Waals surface area contributed by atoms with E-state index < -0.39 is 0 Å². The first-order valence-corrected chi connectivity index (χ1v) is 21.0. The molecule has 0 saturated carbocycles. The third-order valence-corrected chi connectivity index (χ3v) is 12.2. The highest BCUT2D eigenvalue weighted by atomic mass is 16.5. The van der Waals surface area contributed by atoms with E-state index in [1.54, 1.807) is 0 Å². The number of imidazole rings is 3. The smallest absolute Gasteiger partial charge is 0.269 e. The molecule has 0 amide bonds. The van der Waals surface area contributed by atoms with Crippen molar-refractivity contribution in [3.8, 4) is 34.4 Å². The predicted octanol–water partition coefficient (Wildman–Crippen LogP) is 12.3. The molecule has 0 aliphatic rings. The number of hydrogen-bond acceptors (Lipinski definition) is 3. The summed E-state index contributed by atoms with van der Waals surface area (Å²) in [4.78, 5) is 10.1. The molecule has 0 aliphatic carbocycles. The Labute approximate surface area is 357 Å². The molecule has 62 heavy (non-hydrogen) atoms. The Bertz CT molecular complexity index is 3690. The molecule has 8 heteroatoms. The molecule has 12 aromatic rings. The van der Waals surface area contributed by atoms with Crippen LogP contribution < -0.4 is 9.30 Å². The van der Waals surface area contributed by atoms with Crippen molar-refractivity contribution < 1.29 is 9.30 Å². The van der Waals surface area contributed by atoms with E-state index in [0.717, 1.165) is 78.4 Å². The highest BCUT2D eigenvalue weighted by Gasteiger charge is 2.23. The molecule has 0 radical (unpaired) electrons. The molecule has 5 heterocycles.